The Labute approximate surface area is 124 Å². The number of aliphatic hydroxyl groups excluding tert-OH is 1. The second kappa shape index (κ2) is 4.06. The summed E-state index contributed by atoms with van der Waals surface area (Å²) >= 11 is 0. The van der Waals surface area contributed by atoms with Crippen LogP contribution in [0, 0.1) is 10.8 Å². The highest BCUT2D eigenvalue weighted by atomic mass is 16.3. The van der Waals surface area contributed by atoms with Gasteiger partial charge >= 0.3 is 0 Å². The molecule has 0 aliphatic heterocycles. The van der Waals surface area contributed by atoms with Crippen LogP contribution in [-0.2, 0) is 9.59 Å². The Bertz CT molecular complexity index is 698. The fourth-order valence-corrected chi connectivity index (χ4v) is 3.95. The van der Waals surface area contributed by atoms with Gasteiger partial charge in [-0.1, -0.05) is 19.1 Å². The summed E-state index contributed by atoms with van der Waals surface area (Å²) in [5.41, 5.74) is 2.76. The maximum atomic E-state index is 12.3. The smallest absolute Gasteiger partial charge is 0.220 e. The first kappa shape index (κ1) is 14.1. The van der Waals surface area contributed by atoms with Crippen molar-refractivity contribution < 1.29 is 14.7 Å². The van der Waals surface area contributed by atoms with Crippen LogP contribution in [0.5, 0.6) is 0 Å². The lowest BCUT2D eigenvalue weighted by atomic mass is 9.54. The average molecular weight is 284 g/mol. The van der Waals surface area contributed by atoms with Gasteiger partial charge in [-0.05, 0) is 50.0 Å². The predicted octanol–water partition coefficient (Wildman–Crippen LogP) is 3.59. The molecule has 3 nitrogen and oxygen atoms in total. The van der Waals surface area contributed by atoms with E-state index >= 15 is 0 Å². The number of rotatable bonds is 0. The van der Waals surface area contributed by atoms with E-state index < -0.39 is 5.41 Å². The van der Waals surface area contributed by atoms with Crippen LogP contribution in [0.15, 0.2) is 46.3 Å². The minimum absolute atomic E-state index is 0.170. The third-order valence-electron chi connectivity index (χ3n) is 5.39. The third-order valence-corrected chi connectivity index (χ3v) is 5.39. The van der Waals surface area contributed by atoms with Crippen LogP contribution in [0.2, 0.25) is 0 Å². The van der Waals surface area contributed by atoms with E-state index in [0.29, 0.717) is 18.4 Å². The Hall–Kier alpha value is -1.90. The van der Waals surface area contributed by atoms with Crippen molar-refractivity contribution in [1.29, 1.82) is 0 Å². The highest BCUT2D eigenvalue weighted by molar-refractivity contribution is 6.06. The van der Waals surface area contributed by atoms with Gasteiger partial charge in [0.15, 0.2) is 5.76 Å². The molecule has 0 amide bonds. The lowest BCUT2D eigenvalue weighted by Crippen LogP contribution is -2.44. The van der Waals surface area contributed by atoms with Crippen molar-refractivity contribution in [2.24, 2.45) is 10.8 Å². The number of fused-ring (bicyclic) bond motifs is 3. The molecule has 3 rings (SSSR count). The zero-order valence-electron chi connectivity index (χ0n) is 12.9. The van der Waals surface area contributed by atoms with E-state index in [1.807, 2.05) is 26.0 Å². The molecular formula is C18H20O3. The minimum atomic E-state index is -0.504. The van der Waals surface area contributed by atoms with Crippen LogP contribution in [0.1, 0.15) is 40.5 Å². The molecule has 0 aromatic rings. The molecule has 0 spiro atoms. The van der Waals surface area contributed by atoms with Crippen LogP contribution in [0.25, 0.3) is 0 Å². The highest BCUT2D eigenvalue weighted by Gasteiger charge is 2.50. The molecule has 3 aliphatic carbocycles. The van der Waals surface area contributed by atoms with Crippen molar-refractivity contribution in [3.63, 3.8) is 0 Å². The lowest BCUT2D eigenvalue weighted by molar-refractivity contribution is -0.128. The molecule has 3 aliphatic rings. The van der Waals surface area contributed by atoms with Gasteiger partial charge in [-0.3, -0.25) is 9.59 Å². The fraction of sp³-hybridized carbons (Fsp3) is 0.444. The van der Waals surface area contributed by atoms with Gasteiger partial charge in [0.05, 0.1) is 0 Å². The number of carbonyl (C=O) groups is 2. The van der Waals surface area contributed by atoms with Crippen molar-refractivity contribution in [2.45, 2.75) is 40.5 Å². The molecule has 3 heteroatoms. The van der Waals surface area contributed by atoms with Crippen molar-refractivity contribution in [2.75, 3.05) is 0 Å². The first-order chi connectivity index (χ1) is 9.69. The highest BCUT2D eigenvalue weighted by Crippen LogP contribution is 2.57. The largest absolute Gasteiger partial charge is 0.504 e. The Balaban J connectivity index is 2.25. The van der Waals surface area contributed by atoms with Crippen LogP contribution in [0.3, 0.4) is 0 Å². The van der Waals surface area contributed by atoms with Gasteiger partial charge in [0.2, 0.25) is 5.78 Å². The Kier molecular flexibility index (Phi) is 2.72. The van der Waals surface area contributed by atoms with Gasteiger partial charge < -0.3 is 5.11 Å². The summed E-state index contributed by atoms with van der Waals surface area (Å²) in [6.45, 7) is 7.80. The van der Waals surface area contributed by atoms with E-state index in [2.05, 4.69) is 6.92 Å². The summed E-state index contributed by atoms with van der Waals surface area (Å²) in [5.74, 6) is -0.255. The summed E-state index contributed by atoms with van der Waals surface area (Å²) in [6, 6.07) is 0. The molecule has 0 heterocycles. The molecule has 0 saturated heterocycles. The molecule has 0 bridgehead atoms. The van der Waals surface area contributed by atoms with Gasteiger partial charge in [0.25, 0.3) is 0 Å². The summed E-state index contributed by atoms with van der Waals surface area (Å²) in [7, 11) is 0. The minimum Gasteiger partial charge on any atom is -0.504 e. The normalized spacial score (nSPS) is 31.1. The van der Waals surface area contributed by atoms with E-state index in [9.17, 15) is 14.7 Å². The maximum absolute atomic E-state index is 12.3. The second-order valence-corrected chi connectivity index (χ2v) is 6.94. The number of aliphatic hydroxyl groups is 1. The van der Waals surface area contributed by atoms with Crippen LogP contribution in [0.4, 0.5) is 0 Å². The molecule has 0 aromatic carbocycles. The Morgan fingerprint density at radius 1 is 1.14 bits per heavy atom. The van der Waals surface area contributed by atoms with Crippen LogP contribution >= 0.6 is 0 Å². The Morgan fingerprint density at radius 2 is 1.81 bits per heavy atom. The van der Waals surface area contributed by atoms with Crippen molar-refractivity contribution >= 4 is 11.6 Å². The summed E-state index contributed by atoms with van der Waals surface area (Å²) in [4.78, 5) is 24.3. The van der Waals surface area contributed by atoms with Gasteiger partial charge in [-0.15, -0.1) is 0 Å². The van der Waals surface area contributed by atoms with Gasteiger partial charge in [0.1, 0.15) is 5.78 Å². The number of carbonyl (C=O) groups excluding carboxylic acids is 2. The van der Waals surface area contributed by atoms with Crippen molar-refractivity contribution in [3.8, 4) is 0 Å². The molecule has 1 fully saturated rings. The van der Waals surface area contributed by atoms with Gasteiger partial charge in [-0.25, -0.2) is 0 Å². The number of allylic oxidation sites excluding steroid dienone is 7. The number of Topliss-reactive ketones (excluding diaryl/α,β-unsaturated/α-hetero) is 1. The SMILES string of the molecule is CC1=C(O)C(=O)C=C2C1=CC=C1C(C)(C)C(=O)CCC21C. The molecule has 110 valence electrons. The van der Waals surface area contributed by atoms with E-state index in [-0.39, 0.29) is 22.7 Å². The molecule has 1 N–H and O–H groups in total. The molecule has 0 aromatic heterocycles. The Morgan fingerprint density at radius 3 is 2.48 bits per heavy atom. The lowest BCUT2D eigenvalue weighted by Gasteiger charge is -2.49. The zero-order chi connectivity index (χ0) is 15.6. The topological polar surface area (TPSA) is 54.4 Å². The molecule has 21 heavy (non-hydrogen) atoms. The summed E-state index contributed by atoms with van der Waals surface area (Å²) < 4.78 is 0. The third kappa shape index (κ3) is 1.66. The van der Waals surface area contributed by atoms with Crippen molar-refractivity contribution in [1.82, 2.24) is 0 Å². The van der Waals surface area contributed by atoms with E-state index in [4.69, 9.17) is 0 Å². The number of hydrogen-bond donors (Lipinski definition) is 1. The van der Waals surface area contributed by atoms with Crippen molar-refractivity contribution in [3.05, 3.63) is 46.3 Å². The van der Waals surface area contributed by atoms with E-state index in [1.165, 1.54) is 0 Å². The monoisotopic (exact) mass is 284 g/mol. The van der Waals surface area contributed by atoms with E-state index in [0.717, 1.165) is 16.7 Å². The molecule has 0 radical (unpaired) electrons. The number of ketones is 2. The van der Waals surface area contributed by atoms with Crippen LogP contribution in [-0.4, -0.2) is 16.7 Å². The number of hydrogen-bond acceptors (Lipinski definition) is 3. The molecule has 1 saturated carbocycles. The summed E-state index contributed by atoms with van der Waals surface area (Å²) in [6.07, 6.45) is 6.73. The van der Waals surface area contributed by atoms with Gasteiger partial charge in [0, 0.05) is 22.8 Å². The quantitative estimate of drug-likeness (QED) is 0.739. The summed E-state index contributed by atoms with van der Waals surface area (Å²) in [5, 5.41) is 9.88. The molecule has 1 unspecified atom stereocenters. The molecular weight excluding hydrogens is 264 g/mol. The predicted molar refractivity (Wildman–Crippen MR) is 80.7 cm³/mol. The molecule has 1 atom stereocenters. The van der Waals surface area contributed by atoms with Gasteiger partial charge in [-0.2, -0.15) is 0 Å². The fourth-order valence-electron chi connectivity index (χ4n) is 3.95. The van der Waals surface area contributed by atoms with E-state index in [1.54, 1.807) is 13.0 Å². The first-order valence-electron chi connectivity index (χ1n) is 7.33. The van der Waals surface area contributed by atoms with Crippen LogP contribution < -0.4 is 0 Å². The average Bonchev–Trinajstić information content (AvgIpc) is 2.42. The zero-order valence-corrected chi connectivity index (χ0v) is 12.9. The standard InChI is InChI=1S/C18H20O3/c1-10-11-5-6-14-17(2,3)15(20)7-8-18(14,4)12(11)9-13(19)16(10)21/h5-6,9,21H,7-8H2,1-4H3. The maximum Gasteiger partial charge on any atom is 0.220 e. The first-order valence-corrected chi connectivity index (χ1v) is 7.33. The second-order valence-electron chi connectivity index (χ2n) is 6.94.